The van der Waals surface area contributed by atoms with Crippen LogP contribution in [0, 0.1) is 6.92 Å². The first kappa shape index (κ1) is 19.4. The van der Waals surface area contributed by atoms with E-state index in [-0.39, 0.29) is 5.91 Å². The highest BCUT2D eigenvalue weighted by molar-refractivity contribution is 6.31. The molecule has 2 aromatic rings. The fraction of sp³-hybridized carbons (Fsp3) is 0.421. The molecule has 0 atom stereocenters. The zero-order valence-electron chi connectivity index (χ0n) is 15.8. The number of hydrogen-bond donors (Lipinski definition) is 1. The molecule has 1 N–H and O–H groups in total. The largest absolute Gasteiger partial charge is 0.495 e. The number of rotatable bonds is 5. The van der Waals surface area contributed by atoms with E-state index in [2.05, 4.69) is 32.0 Å². The summed E-state index contributed by atoms with van der Waals surface area (Å²) in [5.74, 6) is 0.910. The summed E-state index contributed by atoms with van der Waals surface area (Å²) in [4.78, 5) is 26.2. The molecule has 0 saturated carbocycles. The van der Waals surface area contributed by atoms with Gasteiger partial charge in [-0.1, -0.05) is 18.5 Å². The van der Waals surface area contributed by atoms with Crippen molar-refractivity contribution in [2.45, 2.75) is 13.8 Å². The molecule has 0 unspecified atom stereocenters. The number of nitrogens with one attached hydrogen (secondary N) is 1. The van der Waals surface area contributed by atoms with Crippen molar-refractivity contribution in [1.29, 1.82) is 0 Å². The van der Waals surface area contributed by atoms with Crippen molar-refractivity contribution in [3.63, 3.8) is 0 Å². The summed E-state index contributed by atoms with van der Waals surface area (Å²) in [7, 11) is 1.54. The average molecular weight is 390 g/mol. The van der Waals surface area contributed by atoms with Crippen LogP contribution in [0.3, 0.4) is 0 Å². The maximum absolute atomic E-state index is 12.7. The molecule has 0 radical (unpaired) electrons. The van der Waals surface area contributed by atoms with E-state index < -0.39 is 0 Å². The summed E-state index contributed by atoms with van der Waals surface area (Å²) in [6.07, 6.45) is 1.58. The lowest BCUT2D eigenvalue weighted by Crippen LogP contribution is -2.46. The van der Waals surface area contributed by atoms with Crippen molar-refractivity contribution >= 4 is 29.1 Å². The summed E-state index contributed by atoms with van der Waals surface area (Å²) < 4.78 is 5.27. The molecule has 0 bridgehead atoms. The highest BCUT2D eigenvalue weighted by Crippen LogP contribution is 2.28. The smallest absolute Gasteiger partial charge is 0.259 e. The summed E-state index contributed by atoms with van der Waals surface area (Å²) >= 11 is 6.02. The third-order valence-corrected chi connectivity index (χ3v) is 4.96. The maximum Gasteiger partial charge on any atom is 0.259 e. The molecule has 3 rings (SSSR count). The van der Waals surface area contributed by atoms with Crippen molar-refractivity contribution < 1.29 is 9.53 Å². The summed E-state index contributed by atoms with van der Waals surface area (Å²) in [5, 5.41) is 3.34. The number of methoxy groups -OCH3 is 1. The Morgan fingerprint density at radius 1 is 1.30 bits per heavy atom. The molecule has 1 fully saturated rings. The van der Waals surface area contributed by atoms with Crippen LogP contribution in [0.15, 0.2) is 24.4 Å². The van der Waals surface area contributed by atoms with Crippen LogP contribution in [0.4, 0.5) is 11.6 Å². The van der Waals surface area contributed by atoms with Crippen LogP contribution in [-0.2, 0) is 0 Å². The minimum atomic E-state index is -0.296. The average Bonchev–Trinajstić information content (AvgIpc) is 2.68. The second kappa shape index (κ2) is 8.54. The fourth-order valence-corrected chi connectivity index (χ4v) is 3.23. The Hall–Kier alpha value is -2.38. The highest BCUT2D eigenvalue weighted by atomic mass is 35.5. The van der Waals surface area contributed by atoms with Gasteiger partial charge in [-0.25, -0.2) is 9.97 Å². The van der Waals surface area contributed by atoms with E-state index in [9.17, 15) is 4.79 Å². The topological polar surface area (TPSA) is 70.6 Å². The zero-order chi connectivity index (χ0) is 19.4. The molecular weight excluding hydrogens is 366 g/mol. The highest BCUT2D eigenvalue weighted by Gasteiger charge is 2.20. The predicted molar refractivity (Wildman–Crippen MR) is 107 cm³/mol. The molecule has 1 aliphatic heterocycles. The molecule has 2 heterocycles. The number of nitrogens with zero attached hydrogens (tertiary/aromatic N) is 4. The van der Waals surface area contributed by atoms with Crippen LogP contribution < -0.4 is 15.0 Å². The van der Waals surface area contributed by atoms with Gasteiger partial charge >= 0.3 is 0 Å². The Morgan fingerprint density at radius 2 is 2.04 bits per heavy atom. The standard InChI is InChI=1S/C19H24ClN5O2/c1-4-24-7-9-25(10-8-24)19-21-12-15(13(2)22-19)18(26)23-16-11-14(20)5-6-17(16)27-3/h5-6,11-12H,4,7-10H2,1-3H3,(H,23,26). The SMILES string of the molecule is CCN1CCN(c2ncc(C(=O)Nc3cc(Cl)ccc3OC)c(C)n2)CC1. The van der Waals surface area contributed by atoms with Crippen molar-refractivity contribution in [3.05, 3.63) is 40.7 Å². The molecule has 1 amide bonds. The van der Waals surface area contributed by atoms with Gasteiger partial charge in [0.1, 0.15) is 5.75 Å². The number of carbonyl (C=O) groups excluding carboxylic acids is 1. The number of likely N-dealkylation sites (N-methyl/N-ethyl adjacent to an activating group) is 1. The Morgan fingerprint density at radius 3 is 2.67 bits per heavy atom. The molecule has 1 aromatic heterocycles. The van der Waals surface area contributed by atoms with Gasteiger partial charge in [-0.15, -0.1) is 0 Å². The number of anilines is 2. The monoisotopic (exact) mass is 389 g/mol. The van der Waals surface area contributed by atoms with Crippen LogP contribution >= 0.6 is 11.6 Å². The van der Waals surface area contributed by atoms with E-state index >= 15 is 0 Å². The number of halogens is 1. The Kier molecular flexibility index (Phi) is 6.13. The van der Waals surface area contributed by atoms with Crippen LogP contribution in [-0.4, -0.2) is 60.6 Å². The number of benzene rings is 1. The van der Waals surface area contributed by atoms with Gasteiger partial charge in [-0.2, -0.15) is 0 Å². The first-order valence-corrected chi connectivity index (χ1v) is 9.35. The van der Waals surface area contributed by atoms with E-state index in [4.69, 9.17) is 16.3 Å². The molecule has 144 valence electrons. The number of aromatic nitrogens is 2. The van der Waals surface area contributed by atoms with Crippen molar-refractivity contribution in [1.82, 2.24) is 14.9 Å². The van der Waals surface area contributed by atoms with Gasteiger partial charge in [0, 0.05) is 37.4 Å². The second-order valence-electron chi connectivity index (χ2n) is 6.39. The quantitative estimate of drug-likeness (QED) is 0.847. The fourth-order valence-electron chi connectivity index (χ4n) is 3.06. The summed E-state index contributed by atoms with van der Waals surface area (Å²) in [6.45, 7) is 8.80. The Bertz CT molecular complexity index is 822. The van der Waals surface area contributed by atoms with Gasteiger partial charge in [-0.05, 0) is 31.7 Å². The lowest BCUT2D eigenvalue weighted by atomic mass is 10.2. The number of carbonyl (C=O) groups is 1. The molecule has 0 spiro atoms. The number of hydrogen-bond acceptors (Lipinski definition) is 6. The lowest BCUT2D eigenvalue weighted by molar-refractivity contribution is 0.102. The summed E-state index contributed by atoms with van der Waals surface area (Å²) in [5.41, 5.74) is 1.57. The number of piperazine rings is 1. The zero-order valence-corrected chi connectivity index (χ0v) is 16.6. The first-order chi connectivity index (χ1) is 13.0. The van der Waals surface area contributed by atoms with Gasteiger partial charge in [0.25, 0.3) is 5.91 Å². The van der Waals surface area contributed by atoms with Crippen molar-refractivity contribution in [2.24, 2.45) is 0 Å². The van der Waals surface area contributed by atoms with E-state index in [0.717, 1.165) is 32.7 Å². The molecule has 27 heavy (non-hydrogen) atoms. The van der Waals surface area contributed by atoms with Crippen molar-refractivity contribution in [2.75, 3.05) is 50.1 Å². The van der Waals surface area contributed by atoms with Gasteiger partial charge in [0.15, 0.2) is 0 Å². The molecule has 0 aliphatic carbocycles. The molecule has 1 aromatic carbocycles. The third kappa shape index (κ3) is 4.48. The molecule has 8 heteroatoms. The molecular formula is C19H24ClN5O2. The first-order valence-electron chi connectivity index (χ1n) is 8.97. The van der Waals surface area contributed by atoms with Crippen LogP contribution in [0.2, 0.25) is 5.02 Å². The summed E-state index contributed by atoms with van der Waals surface area (Å²) in [6, 6.07) is 5.06. The number of aryl methyl sites for hydroxylation is 1. The molecule has 1 aliphatic rings. The van der Waals surface area contributed by atoms with Gasteiger partial charge in [-0.3, -0.25) is 4.79 Å². The minimum Gasteiger partial charge on any atom is -0.495 e. The van der Waals surface area contributed by atoms with E-state index in [1.165, 1.54) is 0 Å². The number of ether oxygens (including phenoxy) is 1. The van der Waals surface area contributed by atoms with E-state index in [1.807, 2.05) is 6.92 Å². The number of amides is 1. The van der Waals surface area contributed by atoms with E-state index in [1.54, 1.807) is 31.5 Å². The van der Waals surface area contributed by atoms with Gasteiger partial charge in [0.2, 0.25) is 5.95 Å². The second-order valence-corrected chi connectivity index (χ2v) is 6.83. The van der Waals surface area contributed by atoms with Crippen LogP contribution in [0.1, 0.15) is 23.0 Å². The van der Waals surface area contributed by atoms with Gasteiger partial charge in [0.05, 0.1) is 24.1 Å². The van der Waals surface area contributed by atoms with Crippen LogP contribution in [0.25, 0.3) is 0 Å². The van der Waals surface area contributed by atoms with Crippen molar-refractivity contribution in [3.8, 4) is 5.75 Å². The predicted octanol–water partition coefficient (Wildman–Crippen LogP) is 2.84. The van der Waals surface area contributed by atoms with Crippen LogP contribution in [0.5, 0.6) is 5.75 Å². The maximum atomic E-state index is 12.7. The minimum absolute atomic E-state index is 0.296. The normalized spacial score (nSPS) is 14.9. The van der Waals surface area contributed by atoms with E-state index in [0.29, 0.717) is 33.7 Å². The Labute approximate surface area is 164 Å². The molecule has 1 saturated heterocycles. The third-order valence-electron chi connectivity index (χ3n) is 4.72. The Balaban J connectivity index is 1.74. The van der Waals surface area contributed by atoms with Gasteiger partial charge < -0.3 is 19.9 Å². The lowest BCUT2D eigenvalue weighted by Gasteiger charge is -2.34. The molecule has 7 nitrogen and oxygen atoms in total.